The lowest BCUT2D eigenvalue weighted by Gasteiger charge is -2.28. The van der Waals surface area contributed by atoms with E-state index in [9.17, 15) is 20.0 Å². The smallest absolute Gasteiger partial charge is 0.304 e. The Morgan fingerprint density at radius 3 is 2.19 bits per heavy atom. The Morgan fingerprint density at radius 1 is 1.06 bits per heavy atom. The molecule has 1 aliphatic rings. The molecule has 2 aromatic rings. The third kappa shape index (κ3) is 5.92. The maximum absolute atomic E-state index is 11.6. The van der Waals surface area contributed by atoms with Crippen molar-refractivity contribution in [3.63, 3.8) is 0 Å². The van der Waals surface area contributed by atoms with Gasteiger partial charge < -0.3 is 24.1 Å². The second-order valence-corrected chi connectivity index (χ2v) is 7.55. The van der Waals surface area contributed by atoms with E-state index in [0.29, 0.717) is 0 Å². The summed E-state index contributed by atoms with van der Waals surface area (Å²) in [6.45, 7) is 1.35. The molecule has 0 bridgehead atoms. The zero-order chi connectivity index (χ0) is 23.0. The maximum Gasteiger partial charge on any atom is 0.304 e. The third-order valence-corrected chi connectivity index (χ3v) is 5.11. The molecule has 3 rings (SSSR count). The lowest BCUT2D eigenvalue weighted by Crippen LogP contribution is -2.46. The minimum atomic E-state index is -1.65. The first-order valence-electron chi connectivity index (χ1n) is 10.2. The largest absolute Gasteiger partial charge is 0.481 e. The van der Waals surface area contributed by atoms with Gasteiger partial charge in [0.05, 0.1) is 32.2 Å². The summed E-state index contributed by atoms with van der Waals surface area (Å²) in [5, 5.41) is 19.5. The van der Waals surface area contributed by atoms with Gasteiger partial charge in [0.1, 0.15) is 12.2 Å². The van der Waals surface area contributed by atoms with Crippen LogP contribution in [-0.2, 0) is 41.8 Å². The van der Waals surface area contributed by atoms with Gasteiger partial charge in [0.2, 0.25) is 11.9 Å². The van der Waals surface area contributed by atoms with Crippen LogP contribution < -0.4 is 0 Å². The molecule has 8 heteroatoms. The molecular formula is C24H25NO7. The second-order valence-electron chi connectivity index (χ2n) is 7.55. The van der Waals surface area contributed by atoms with Crippen molar-refractivity contribution in [1.82, 2.24) is 0 Å². The van der Waals surface area contributed by atoms with Crippen molar-refractivity contribution in [3.05, 3.63) is 71.8 Å². The number of hydrogen-bond donors (Lipinski definition) is 1. The number of nitrogens with zero attached hydrogens (tertiary/aromatic N) is 1. The second kappa shape index (κ2) is 10.9. The summed E-state index contributed by atoms with van der Waals surface area (Å²) >= 11 is 0. The van der Waals surface area contributed by atoms with E-state index in [1.807, 2.05) is 60.7 Å². The van der Waals surface area contributed by atoms with Crippen LogP contribution in [0.4, 0.5) is 0 Å². The highest BCUT2D eigenvalue weighted by atomic mass is 16.7. The minimum absolute atomic E-state index is 0.125. The highest BCUT2D eigenvalue weighted by Gasteiger charge is 2.58. The zero-order valence-electron chi connectivity index (χ0n) is 17.7. The van der Waals surface area contributed by atoms with Gasteiger partial charge in [-0.2, -0.15) is 5.26 Å². The van der Waals surface area contributed by atoms with Gasteiger partial charge in [-0.05, 0) is 11.1 Å². The highest BCUT2D eigenvalue weighted by Crippen LogP contribution is 2.41. The molecule has 0 radical (unpaired) electrons. The van der Waals surface area contributed by atoms with Crippen LogP contribution in [-0.4, -0.2) is 41.6 Å². The number of benzene rings is 2. The molecule has 1 N–H and O–H groups in total. The lowest BCUT2D eigenvalue weighted by atomic mass is 9.89. The van der Waals surface area contributed by atoms with Crippen molar-refractivity contribution in [2.45, 2.75) is 44.6 Å². The van der Waals surface area contributed by atoms with E-state index in [-0.39, 0.29) is 19.8 Å². The van der Waals surface area contributed by atoms with E-state index in [2.05, 4.69) is 6.07 Å². The number of hydrogen-bond acceptors (Lipinski definition) is 7. The van der Waals surface area contributed by atoms with Crippen LogP contribution in [0.2, 0.25) is 0 Å². The first-order chi connectivity index (χ1) is 15.4. The number of carboxylic acid groups (broad SMARTS) is 1. The first-order valence-corrected chi connectivity index (χ1v) is 10.2. The van der Waals surface area contributed by atoms with E-state index in [1.54, 1.807) is 0 Å². The molecule has 0 aliphatic carbocycles. The predicted molar refractivity (Wildman–Crippen MR) is 112 cm³/mol. The maximum atomic E-state index is 11.6. The van der Waals surface area contributed by atoms with E-state index in [1.165, 1.54) is 6.92 Å². The molecule has 0 spiro atoms. The topological polar surface area (TPSA) is 115 Å². The summed E-state index contributed by atoms with van der Waals surface area (Å²) in [7, 11) is 0. The fourth-order valence-corrected chi connectivity index (χ4v) is 3.68. The van der Waals surface area contributed by atoms with Crippen molar-refractivity contribution in [2.24, 2.45) is 5.92 Å². The van der Waals surface area contributed by atoms with Gasteiger partial charge in [-0.25, -0.2) is 0 Å². The molecule has 168 valence electrons. The summed E-state index contributed by atoms with van der Waals surface area (Å²) in [5.41, 5.74) is 0.0950. The van der Waals surface area contributed by atoms with Crippen LogP contribution in [0, 0.1) is 17.2 Å². The normalized spacial score (nSPS) is 24.6. The molecule has 1 heterocycles. The van der Waals surface area contributed by atoms with Crippen molar-refractivity contribution >= 4 is 11.9 Å². The Kier molecular flexibility index (Phi) is 7.95. The Morgan fingerprint density at radius 2 is 1.66 bits per heavy atom. The summed E-state index contributed by atoms with van der Waals surface area (Å²) < 4.78 is 22.9. The van der Waals surface area contributed by atoms with Crippen molar-refractivity contribution < 1.29 is 33.6 Å². The van der Waals surface area contributed by atoms with E-state index >= 15 is 0 Å². The lowest BCUT2D eigenvalue weighted by molar-refractivity contribution is -0.194. The number of aliphatic carboxylic acids is 1. The van der Waals surface area contributed by atoms with E-state index in [0.717, 1.165) is 11.1 Å². The molecular weight excluding hydrogens is 414 g/mol. The molecule has 2 aromatic carbocycles. The predicted octanol–water partition coefficient (Wildman–Crippen LogP) is 3.06. The molecule has 0 amide bonds. The van der Waals surface area contributed by atoms with Gasteiger partial charge >= 0.3 is 11.9 Å². The van der Waals surface area contributed by atoms with E-state index in [4.69, 9.17) is 18.9 Å². The number of carboxylic acids is 1. The monoisotopic (exact) mass is 439 g/mol. The average molecular weight is 439 g/mol. The molecule has 0 unspecified atom stereocenters. The Labute approximate surface area is 186 Å². The fraction of sp³-hybridized carbons (Fsp3) is 0.375. The van der Waals surface area contributed by atoms with Crippen molar-refractivity contribution in [1.29, 1.82) is 5.26 Å². The molecule has 1 saturated heterocycles. The highest BCUT2D eigenvalue weighted by molar-refractivity contribution is 5.68. The van der Waals surface area contributed by atoms with E-state index < -0.39 is 42.3 Å². The molecule has 0 saturated carbocycles. The number of rotatable bonds is 10. The number of ether oxygens (including phenoxy) is 4. The number of esters is 1. The van der Waals surface area contributed by atoms with Gasteiger partial charge in [0, 0.05) is 6.92 Å². The van der Waals surface area contributed by atoms with Crippen LogP contribution in [0.1, 0.15) is 24.5 Å². The molecule has 0 aromatic heterocycles. The average Bonchev–Trinajstić information content (AvgIpc) is 3.05. The first kappa shape index (κ1) is 23.4. The summed E-state index contributed by atoms with van der Waals surface area (Å²) in [4.78, 5) is 23.1. The Balaban J connectivity index is 1.84. The summed E-state index contributed by atoms with van der Waals surface area (Å²) in [6, 6.07) is 20.8. The van der Waals surface area contributed by atoms with Gasteiger partial charge in [0.15, 0.2) is 0 Å². The Bertz CT molecular complexity index is 944. The quantitative estimate of drug-likeness (QED) is 0.562. The molecule has 32 heavy (non-hydrogen) atoms. The number of nitriles is 1. The van der Waals surface area contributed by atoms with Crippen LogP contribution in [0.25, 0.3) is 0 Å². The molecule has 1 fully saturated rings. The van der Waals surface area contributed by atoms with Gasteiger partial charge in [0.25, 0.3) is 0 Å². The van der Waals surface area contributed by atoms with Crippen LogP contribution in [0.3, 0.4) is 0 Å². The summed E-state index contributed by atoms with van der Waals surface area (Å²) in [5.74, 6) is -2.66. The molecule has 8 nitrogen and oxygen atoms in total. The molecule has 1 aliphatic heterocycles. The van der Waals surface area contributed by atoms with Gasteiger partial charge in [-0.15, -0.1) is 0 Å². The third-order valence-electron chi connectivity index (χ3n) is 5.11. The van der Waals surface area contributed by atoms with Crippen molar-refractivity contribution in [3.8, 4) is 6.07 Å². The fourth-order valence-electron chi connectivity index (χ4n) is 3.68. The van der Waals surface area contributed by atoms with Crippen LogP contribution in [0.5, 0.6) is 0 Å². The zero-order valence-corrected chi connectivity index (χ0v) is 17.7. The van der Waals surface area contributed by atoms with Gasteiger partial charge in [-0.1, -0.05) is 60.7 Å². The number of carbonyl (C=O) groups excluding carboxylic acids is 1. The minimum Gasteiger partial charge on any atom is -0.481 e. The number of carbonyl (C=O) groups is 2. The SMILES string of the molecule is CC(=O)O[C@@H]1O[C@](C#N)(COCc2ccccc2)[C@@H](OCc2ccccc2)[C@H]1CC(=O)O. The standard InChI is InChI=1S/C24H25NO7/c1-17(26)31-23-20(12-21(27)28)22(30-14-19-10-6-3-7-11-19)24(15-25,32-23)16-29-13-18-8-4-2-5-9-18/h2-11,20,22-23H,12-14,16H2,1H3,(H,27,28)/t20-,22+,23-,24-/m1/s1. The van der Waals surface area contributed by atoms with Crippen LogP contribution in [0.15, 0.2) is 60.7 Å². The summed E-state index contributed by atoms with van der Waals surface area (Å²) in [6.07, 6.45) is -2.65. The van der Waals surface area contributed by atoms with Crippen molar-refractivity contribution in [2.75, 3.05) is 6.61 Å². The van der Waals surface area contributed by atoms with Crippen LogP contribution >= 0.6 is 0 Å². The van der Waals surface area contributed by atoms with Gasteiger partial charge in [-0.3, -0.25) is 9.59 Å². The Hall–Kier alpha value is -3.25. The molecule has 4 atom stereocenters.